The third-order valence-corrected chi connectivity index (χ3v) is 11.4. The van der Waals surface area contributed by atoms with Crippen LogP contribution >= 0.6 is 0 Å². The molecule has 3 saturated carbocycles. The minimum absolute atomic E-state index is 0.116. The van der Waals surface area contributed by atoms with Gasteiger partial charge in [0.2, 0.25) is 6.04 Å². The van der Waals surface area contributed by atoms with Crippen molar-refractivity contribution in [3.8, 4) is 0 Å². The first-order chi connectivity index (χ1) is 25.2. The molecule has 0 heterocycles. The highest BCUT2D eigenvalue weighted by atomic mass is 16.6. The maximum absolute atomic E-state index is 13.1. The predicted octanol–water partition coefficient (Wildman–Crippen LogP) is 8.63. The molecule has 0 aliphatic heterocycles. The van der Waals surface area contributed by atoms with Crippen molar-refractivity contribution < 1.29 is 43.0 Å². The van der Waals surface area contributed by atoms with Gasteiger partial charge in [-0.05, 0) is 109 Å². The quantitative estimate of drug-likeness (QED) is 0.0224. The van der Waals surface area contributed by atoms with Gasteiger partial charge in [-0.15, -0.1) is 0 Å². The van der Waals surface area contributed by atoms with Crippen LogP contribution in [0.25, 0.3) is 0 Å². The highest BCUT2D eigenvalue weighted by molar-refractivity contribution is 5.81. The first-order valence-electron chi connectivity index (χ1n) is 20.4. The Morgan fingerprint density at radius 2 is 1.19 bits per heavy atom. The number of ether oxygens (including phenoxy) is 5. The van der Waals surface area contributed by atoms with Crippen LogP contribution in [0.4, 0.5) is 0 Å². The normalized spacial score (nSPS) is 26.8. The number of hydrogen-bond acceptors (Lipinski definition) is 10. The van der Waals surface area contributed by atoms with Crippen LogP contribution in [0.5, 0.6) is 0 Å². The lowest BCUT2D eigenvalue weighted by atomic mass is 9.70. The van der Waals surface area contributed by atoms with Crippen LogP contribution in [0.2, 0.25) is 0 Å². The van der Waals surface area contributed by atoms with Crippen LogP contribution in [0, 0.1) is 27.9 Å². The zero-order valence-electron chi connectivity index (χ0n) is 31.9. The molecular weight excluding hydrogens is 666 g/mol. The predicted molar refractivity (Wildman–Crippen MR) is 199 cm³/mol. The molecule has 0 spiro atoms. The van der Waals surface area contributed by atoms with Crippen LogP contribution < -0.4 is 0 Å². The fraction of sp³-hybridized carbons (Fsp3) is 0.829. The molecule has 3 aliphatic carbocycles. The van der Waals surface area contributed by atoms with Gasteiger partial charge >= 0.3 is 17.9 Å². The third-order valence-electron chi connectivity index (χ3n) is 11.4. The lowest BCUT2D eigenvalue weighted by Crippen LogP contribution is -2.45. The number of nitrogens with zero attached hydrogens (tertiary/aromatic N) is 1. The van der Waals surface area contributed by atoms with E-state index in [4.69, 9.17) is 23.7 Å². The van der Waals surface area contributed by atoms with Crippen LogP contribution in [0.15, 0.2) is 25.3 Å². The summed E-state index contributed by atoms with van der Waals surface area (Å²) in [7, 11) is 0. The van der Waals surface area contributed by atoms with Gasteiger partial charge in [0, 0.05) is 23.7 Å². The first-order valence-corrected chi connectivity index (χ1v) is 20.4. The first kappa shape index (κ1) is 43.6. The summed E-state index contributed by atoms with van der Waals surface area (Å²) in [5.74, 6) is 0.252. The van der Waals surface area contributed by atoms with Gasteiger partial charge in [-0.2, -0.15) is 0 Å². The molecule has 3 rings (SSSR count). The molecule has 3 aliphatic rings. The Kier molecular flexibility index (Phi) is 21.2. The Morgan fingerprint density at radius 1 is 0.692 bits per heavy atom. The number of esters is 3. The molecular formula is C41H67NO10. The number of nitro groups is 1. The molecule has 52 heavy (non-hydrogen) atoms. The highest BCUT2D eigenvalue weighted by Gasteiger charge is 2.42. The van der Waals surface area contributed by atoms with Crippen molar-refractivity contribution in [1.82, 2.24) is 0 Å². The molecule has 0 aromatic rings. The molecule has 3 unspecified atom stereocenters. The standard InChI is InChI=1S/C41H67NO10/c1-4-39(43)49-28-14-12-10-8-6-7-9-11-13-27-48-35-23-21-33(22-24-35)32-17-19-34(20-18-32)41(45)52-36-25-26-38(37(30-36)42(46)47)51-31(3)16-15-29-50-40(44)5-2/h4-5,31-38H,1-2,6-30H2,3H3/t31-,32?,33?,34?,35?,36?,37?,38?/m1/s1. The van der Waals surface area contributed by atoms with Gasteiger partial charge in [-0.3, -0.25) is 14.9 Å². The van der Waals surface area contributed by atoms with Gasteiger partial charge in [0.15, 0.2) is 0 Å². The van der Waals surface area contributed by atoms with E-state index in [1.54, 1.807) is 0 Å². The minimum atomic E-state index is -0.913. The van der Waals surface area contributed by atoms with Crippen LogP contribution in [-0.4, -0.2) is 73.1 Å². The van der Waals surface area contributed by atoms with Crippen molar-refractivity contribution in [1.29, 1.82) is 0 Å². The van der Waals surface area contributed by atoms with E-state index in [-0.39, 0.29) is 41.9 Å². The second-order valence-corrected chi connectivity index (χ2v) is 15.3. The fourth-order valence-electron chi connectivity index (χ4n) is 8.27. The van der Waals surface area contributed by atoms with Gasteiger partial charge in [0.1, 0.15) is 12.2 Å². The Hall–Kier alpha value is -2.79. The van der Waals surface area contributed by atoms with Gasteiger partial charge in [-0.25, -0.2) is 9.59 Å². The molecule has 0 radical (unpaired) electrons. The Balaban J connectivity index is 1.20. The van der Waals surface area contributed by atoms with Crippen molar-refractivity contribution >= 4 is 17.9 Å². The molecule has 3 fully saturated rings. The smallest absolute Gasteiger partial charge is 0.330 e. The largest absolute Gasteiger partial charge is 0.463 e. The van der Waals surface area contributed by atoms with Crippen LogP contribution in [0.3, 0.4) is 0 Å². The lowest BCUT2D eigenvalue weighted by Gasteiger charge is -2.38. The van der Waals surface area contributed by atoms with Crippen molar-refractivity contribution in [2.24, 2.45) is 17.8 Å². The summed E-state index contributed by atoms with van der Waals surface area (Å²) in [5.41, 5.74) is 0. The van der Waals surface area contributed by atoms with Crippen LogP contribution in [-0.2, 0) is 38.1 Å². The maximum atomic E-state index is 13.1. The summed E-state index contributed by atoms with van der Waals surface area (Å²) in [5, 5.41) is 11.9. The zero-order valence-corrected chi connectivity index (χ0v) is 31.9. The van der Waals surface area contributed by atoms with Crippen molar-refractivity contribution in [2.75, 3.05) is 19.8 Å². The van der Waals surface area contributed by atoms with E-state index in [1.165, 1.54) is 57.4 Å². The molecule has 4 atom stereocenters. The molecule has 296 valence electrons. The van der Waals surface area contributed by atoms with Crippen molar-refractivity contribution in [3.05, 3.63) is 35.4 Å². The van der Waals surface area contributed by atoms with Gasteiger partial charge in [-0.1, -0.05) is 58.1 Å². The second-order valence-electron chi connectivity index (χ2n) is 15.3. The molecule has 0 bridgehead atoms. The summed E-state index contributed by atoms with van der Waals surface area (Å²) >= 11 is 0. The van der Waals surface area contributed by atoms with Gasteiger partial charge < -0.3 is 23.7 Å². The number of hydrogen-bond donors (Lipinski definition) is 0. The van der Waals surface area contributed by atoms with Crippen LogP contribution in [0.1, 0.15) is 148 Å². The molecule has 0 N–H and O–H groups in total. The molecule has 11 heteroatoms. The van der Waals surface area contributed by atoms with E-state index in [0.29, 0.717) is 50.2 Å². The van der Waals surface area contributed by atoms with E-state index >= 15 is 0 Å². The zero-order chi connectivity index (χ0) is 37.6. The number of unbranched alkanes of at least 4 members (excludes halogenated alkanes) is 8. The number of carbonyl (C=O) groups is 3. The third kappa shape index (κ3) is 16.9. The second kappa shape index (κ2) is 25.3. The molecule has 0 aromatic heterocycles. The Morgan fingerprint density at radius 3 is 1.75 bits per heavy atom. The maximum Gasteiger partial charge on any atom is 0.330 e. The highest BCUT2D eigenvalue weighted by Crippen LogP contribution is 2.41. The van der Waals surface area contributed by atoms with E-state index in [0.717, 1.165) is 70.5 Å². The summed E-state index contributed by atoms with van der Waals surface area (Å²) < 4.78 is 28.2. The fourth-order valence-corrected chi connectivity index (χ4v) is 8.27. The topological polar surface area (TPSA) is 141 Å². The molecule has 0 saturated heterocycles. The molecule has 0 aromatic carbocycles. The summed E-state index contributed by atoms with van der Waals surface area (Å²) in [6.07, 6.45) is 23.0. The van der Waals surface area contributed by atoms with E-state index in [1.807, 2.05) is 6.92 Å². The van der Waals surface area contributed by atoms with E-state index < -0.39 is 24.2 Å². The average Bonchev–Trinajstić information content (AvgIpc) is 3.15. The van der Waals surface area contributed by atoms with Crippen molar-refractivity contribution in [3.63, 3.8) is 0 Å². The Bertz CT molecular complexity index is 1080. The lowest BCUT2D eigenvalue weighted by molar-refractivity contribution is -0.542. The monoisotopic (exact) mass is 733 g/mol. The number of carbonyl (C=O) groups excluding carboxylic acids is 3. The molecule has 0 amide bonds. The SMILES string of the molecule is C=CC(=O)OCCCCCCCCCCCOC1CCC(C2CCC(C(=O)OC3CCC(O[C@H](C)CCCOC(=O)C=C)C([N+](=O)[O-])C3)CC2)CC1. The van der Waals surface area contributed by atoms with Crippen molar-refractivity contribution in [2.45, 2.75) is 179 Å². The van der Waals surface area contributed by atoms with Gasteiger partial charge in [0.25, 0.3) is 0 Å². The summed E-state index contributed by atoms with van der Waals surface area (Å²) in [4.78, 5) is 47.0. The Labute approximate surface area is 312 Å². The molecule has 11 nitrogen and oxygen atoms in total. The number of rotatable bonds is 25. The average molecular weight is 734 g/mol. The summed E-state index contributed by atoms with van der Waals surface area (Å²) in [6.45, 7) is 10.3. The van der Waals surface area contributed by atoms with E-state index in [2.05, 4.69) is 13.2 Å². The summed E-state index contributed by atoms with van der Waals surface area (Å²) in [6, 6.07) is -0.913. The van der Waals surface area contributed by atoms with E-state index in [9.17, 15) is 24.5 Å². The van der Waals surface area contributed by atoms with Gasteiger partial charge in [0.05, 0.1) is 37.8 Å². The minimum Gasteiger partial charge on any atom is -0.463 e.